The Morgan fingerprint density at radius 1 is 0.621 bits per heavy atom. The highest BCUT2D eigenvalue weighted by Gasteiger charge is 2.49. The monoisotopic (exact) mass is 492 g/mol. The van der Waals surface area contributed by atoms with Crippen LogP contribution >= 0.6 is 46.4 Å². The Morgan fingerprint density at radius 2 is 1.00 bits per heavy atom. The molecule has 0 aliphatic carbocycles. The van der Waals surface area contributed by atoms with Crippen molar-refractivity contribution in [2.45, 2.75) is 4.75 Å². The van der Waals surface area contributed by atoms with Crippen LogP contribution in [0.3, 0.4) is 0 Å². The standard InChI is InChI=1S/C19H12Cl4O5S/c20-13-4-1-10(7-14(13)21)19(29(26,27)28,11-2-5-17(24)15(22)8-11)12-3-6-18(25)16(23)9-12/h1-9,24-25H,(H,26,27,28). The van der Waals surface area contributed by atoms with Crippen LogP contribution in [0.4, 0.5) is 0 Å². The van der Waals surface area contributed by atoms with Gasteiger partial charge in [0.1, 0.15) is 11.5 Å². The summed E-state index contributed by atoms with van der Waals surface area (Å²) in [6, 6.07) is 11.4. The molecule has 29 heavy (non-hydrogen) atoms. The zero-order valence-corrected chi connectivity index (χ0v) is 18.1. The maximum Gasteiger partial charge on any atom is 0.283 e. The molecule has 0 aliphatic heterocycles. The highest BCUT2D eigenvalue weighted by molar-refractivity contribution is 7.87. The number of aromatic hydroxyl groups is 2. The summed E-state index contributed by atoms with van der Waals surface area (Å²) in [4.78, 5) is 0. The summed E-state index contributed by atoms with van der Waals surface area (Å²) in [6.45, 7) is 0. The molecule has 0 saturated heterocycles. The van der Waals surface area contributed by atoms with Crippen molar-refractivity contribution >= 4 is 56.5 Å². The first kappa shape index (κ1) is 22.0. The van der Waals surface area contributed by atoms with Gasteiger partial charge >= 0.3 is 0 Å². The molecule has 0 aliphatic rings. The molecule has 0 unspecified atom stereocenters. The van der Waals surface area contributed by atoms with Crippen molar-refractivity contribution in [2.75, 3.05) is 0 Å². The number of halogens is 4. The Morgan fingerprint density at radius 3 is 1.34 bits per heavy atom. The zero-order chi connectivity index (χ0) is 21.6. The quantitative estimate of drug-likeness (QED) is 0.311. The summed E-state index contributed by atoms with van der Waals surface area (Å²) in [5, 5.41) is 19.5. The first-order valence-electron chi connectivity index (χ1n) is 7.89. The van der Waals surface area contributed by atoms with Gasteiger partial charge in [0.25, 0.3) is 10.1 Å². The number of phenolic OH excluding ortho intramolecular Hbond substituents is 2. The largest absolute Gasteiger partial charge is 0.506 e. The van der Waals surface area contributed by atoms with Crippen molar-refractivity contribution in [1.29, 1.82) is 0 Å². The molecule has 5 nitrogen and oxygen atoms in total. The number of phenols is 2. The van der Waals surface area contributed by atoms with E-state index >= 15 is 0 Å². The Hall–Kier alpha value is -1.67. The number of benzene rings is 3. The minimum absolute atomic E-state index is 0.00273. The van der Waals surface area contributed by atoms with Gasteiger partial charge in [0.2, 0.25) is 0 Å². The van der Waals surface area contributed by atoms with Crippen molar-refractivity contribution in [2.24, 2.45) is 0 Å². The predicted octanol–water partition coefficient (Wildman–Crippen LogP) is 5.89. The molecule has 0 fully saturated rings. The molecule has 3 N–H and O–H groups in total. The van der Waals surface area contributed by atoms with Crippen molar-refractivity contribution in [3.63, 3.8) is 0 Å². The molecule has 3 aromatic carbocycles. The summed E-state index contributed by atoms with van der Waals surface area (Å²) < 4.78 is 34.0. The van der Waals surface area contributed by atoms with E-state index in [0.717, 1.165) is 0 Å². The Bertz CT molecular complexity index is 1090. The Labute approximate surface area is 186 Å². The van der Waals surface area contributed by atoms with Crippen molar-refractivity contribution < 1.29 is 23.2 Å². The summed E-state index contributed by atoms with van der Waals surface area (Å²) in [7, 11) is -4.96. The number of hydrogen-bond donors (Lipinski definition) is 3. The second kappa shape index (κ2) is 7.87. The molecule has 0 bridgehead atoms. The summed E-state index contributed by atoms with van der Waals surface area (Å²) >= 11 is 24.1. The van der Waals surface area contributed by atoms with Gasteiger partial charge in [-0.1, -0.05) is 64.6 Å². The minimum atomic E-state index is -4.96. The first-order valence-corrected chi connectivity index (χ1v) is 10.8. The van der Waals surface area contributed by atoms with Gasteiger partial charge in [-0.15, -0.1) is 0 Å². The highest BCUT2D eigenvalue weighted by atomic mass is 35.5. The maximum atomic E-state index is 12.9. The third-order valence-corrected chi connectivity index (χ3v) is 7.25. The van der Waals surface area contributed by atoms with E-state index in [2.05, 4.69) is 0 Å². The second-order valence-electron chi connectivity index (χ2n) is 6.12. The van der Waals surface area contributed by atoms with Crippen LogP contribution in [0.5, 0.6) is 11.5 Å². The van der Waals surface area contributed by atoms with E-state index in [0.29, 0.717) is 0 Å². The molecule has 0 heterocycles. The van der Waals surface area contributed by atoms with Crippen LogP contribution in [0.1, 0.15) is 16.7 Å². The molecular weight excluding hydrogens is 482 g/mol. The van der Waals surface area contributed by atoms with E-state index in [9.17, 15) is 23.2 Å². The molecule has 0 radical (unpaired) electrons. The molecule has 0 spiro atoms. The van der Waals surface area contributed by atoms with E-state index in [-0.39, 0.29) is 48.3 Å². The van der Waals surface area contributed by atoms with Crippen LogP contribution in [0.25, 0.3) is 0 Å². The number of hydrogen-bond acceptors (Lipinski definition) is 4. The molecule has 0 saturated carbocycles. The summed E-state index contributed by atoms with van der Waals surface area (Å²) in [5.41, 5.74) is 0.0452. The van der Waals surface area contributed by atoms with Crippen LogP contribution in [0.15, 0.2) is 54.6 Å². The third-order valence-electron chi connectivity index (χ3n) is 4.42. The van der Waals surface area contributed by atoms with Gasteiger partial charge in [0.05, 0.1) is 20.1 Å². The van der Waals surface area contributed by atoms with Crippen LogP contribution in [-0.4, -0.2) is 23.2 Å². The van der Waals surface area contributed by atoms with Crippen LogP contribution in [0, 0.1) is 0 Å². The van der Waals surface area contributed by atoms with E-state index in [1.54, 1.807) is 0 Å². The summed E-state index contributed by atoms with van der Waals surface area (Å²) in [6.07, 6.45) is 0. The van der Waals surface area contributed by atoms with Gasteiger partial charge in [0.15, 0.2) is 4.75 Å². The van der Waals surface area contributed by atoms with E-state index in [4.69, 9.17) is 46.4 Å². The minimum Gasteiger partial charge on any atom is -0.506 e. The SMILES string of the molecule is O=S(=O)(O)C(c1ccc(O)c(Cl)c1)(c1ccc(O)c(Cl)c1)c1ccc(Cl)c(Cl)c1. The topological polar surface area (TPSA) is 94.8 Å². The first-order chi connectivity index (χ1) is 13.5. The Balaban J connectivity index is 2.53. The highest BCUT2D eigenvalue weighted by Crippen LogP contribution is 2.47. The predicted molar refractivity (Wildman–Crippen MR) is 114 cm³/mol. The van der Waals surface area contributed by atoms with Gasteiger partial charge in [-0.3, -0.25) is 4.55 Å². The fraction of sp³-hybridized carbons (Fsp3) is 0.0526. The molecule has 0 aromatic heterocycles. The van der Waals surface area contributed by atoms with Crippen molar-refractivity contribution in [3.8, 4) is 11.5 Å². The molecule has 0 atom stereocenters. The fourth-order valence-corrected chi connectivity index (χ4v) is 5.05. The second-order valence-corrected chi connectivity index (χ2v) is 9.31. The normalized spacial score (nSPS) is 12.2. The maximum absolute atomic E-state index is 12.9. The zero-order valence-electron chi connectivity index (χ0n) is 14.3. The smallest absolute Gasteiger partial charge is 0.283 e. The lowest BCUT2D eigenvalue weighted by molar-refractivity contribution is 0.456. The van der Waals surface area contributed by atoms with Crippen LogP contribution in [0.2, 0.25) is 20.1 Å². The van der Waals surface area contributed by atoms with Gasteiger partial charge < -0.3 is 10.2 Å². The van der Waals surface area contributed by atoms with Gasteiger partial charge in [0, 0.05) is 0 Å². The molecule has 3 aromatic rings. The van der Waals surface area contributed by atoms with Crippen LogP contribution in [-0.2, 0) is 14.9 Å². The van der Waals surface area contributed by atoms with Crippen LogP contribution < -0.4 is 0 Å². The average molecular weight is 494 g/mol. The lowest BCUT2D eigenvalue weighted by Gasteiger charge is -2.33. The van der Waals surface area contributed by atoms with E-state index in [1.165, 1.54) is 54.6 Å². The van der Waals surface area contributed by atoms with E-state index in [1.807, 2.05) is 0 Å². The fourth-order valence-electron chi connectivity index (χ4n) is 3.11. The molecule has 3 rings (SSSR count). The molecule has 152 valence electrons. The van der Waals surface area contributed by atoms with Gasteiger partial charge in [-0.25, -0.2) is 0 Å². The number of rotatable bonds is 4. The molecule has 0 amide bonds. The van der Waals surface area contributed by atoms with Crippen molar-refractivity contribution in [3.05, 3.63) is 91.4 Å². The van der Waals surface area contributed by atoms with Gasteiger partial charge in [-0.05, 0) is 53.1 Å². The lowest BCUT2D eigenvalue weighted by atomic mass is 9.84. The van der Waals surface area contributed by atoms with Crippen molar-refractivity contribution in [1.82, 2.24) is 0 Å². The van der Waals surface area contributed by atoms with E-state index < -0.39 is 14.9 Å². The third kappa shape index (κ3) is 3.77. The molecular formula is C19H12Cl4O5S. The lowest BCUT2D eigenvalue weighted by Crippen LogP contribution is -2.38. The molecule has 10 heteroatoms. The Kier molecular flexibility index (Phi) is 5.98. The van der Waals surface area contributed by atoms with Gasteiger partial charge in [-0.2, -0.15) is 8.42 Å². The summed E-state index contributed by atoms with van der Waals surface area (Å²) in [5.74, 6) is -0.560. The average Bonchev–Trinajstić information content (AvgIpc) is 2.63.